The summed E-state index contributed by atoms with van der Waals surface area (Å²) in [6.45, 7) is 2.02. The molecule has 94 valence electrons. The molecule has 0 aliphatic carbocycles. The molecule has 5 heteroatoms. The quantitative estimate of drug-likeness (QED) is 0.735. The van der Waals surface area contributed by atoms with Crippen LogP contribution in [0.2, 0.25) is 0 Å². The van der Waals surface area contributed by atoms with Gasteiger partial charge in [-0.15, -0.1) is 0 Å². The zero-order valence-electron chi connectivity index (χ0n) is 10.2. The van der Waals surface area contributed by atoms with Gasteiger partial charge in [-0.25, -0.2) is 14.8 Å². The van der Waals surface area contributed by atoms with Crippen LogP contribution in [-0.4, -0.2) is 26.0 Å². The van der Waals surface area contributed by atoms with Gasteiger partial charge in [-0.05, 0) is 30.7 Å². The maximum Gasteiger partial charge on any atom is 0.354 e. The lowest BCUT2D eigenvalue weighted by Crippen LogP contribution is -2.01. The van der Waals surface area contributed by atoms with Crippen LogP contribution in [0.1, 0.15) is 16.1 Å². The number of hydrogen-bond acceptors (Lipinski definition) is 3. The number of aromatic amines is 1. The zero-order chi connectivity index (χ0) is 13.4. The number of fused-ring (bicyclic) bond motifs is 1. The first-order valence-electron chi connectivity index (χ1n) is 5.78. The summed E-state index contributed by atoms with van der Waals surface area (Å²) in [4.78, 5) is 21.9. The molecular weight excluding hydrogens is 242 g/mol. The van der Waals surface area contributed by atoms with Gasteiger partial charge in [0.05, 0.1) is 11.4 Å². The molecule has 0 aliphatic rings. The lowest BCUT2D eigenvalue weighted by molar-refractivity contribution is 0.0690. The molecule has 3 rings (SSSR count). The van der Waals surface area contributed by atoms with Crippen LogP contribution in [0.4, 0.5) is 0 Å². The highest BCUT2D eigenvalue weighted by atomic mass is 16.4. The van der Waals surface area contributed by atoms with E-state index in [1.807, 2.05) is 31.2 Å². The summed E-state index contributed by atoms with van der Waals surface area (Å²) in [6.07, 6.45) is 1.26. The number of aryl methyl sites for hydroxylation is 1. The molecule has 1 aromatic carbocycles. The van der Waals surface area contributed by atoms with Gasteiger partial charge in [0, 0.05) is 10.9 Å². The van der Waals surface area contributed by atoms with Gasteiger partial charge < -0.3 is 10.1 Å². The van der Waals surface area contributed by atoms with Gasteiger partial charge >= 0.3 is 5.97 Å². The maximum atomic E-state index is 10.9. The van der Waals surface area contributed by atoms with Gasteiger partial charge in [-0.1, -0.05) is 12.1 Å². The predicted molar refractivity (Wildman–Crippen MR) is 71.0 cm³/mol. The number of carboxylic acids is 1. The smallest absolute Gasteiger partial charge is 0.354 e. The van der Waals surface area contributed by atoms with Gasteiger partial charge in [-0.2, -0.15) is 0 Å². The minimum atomic E-state index is -1.06. The van der Waals surface area contributed by atoms with Gasteiger partial charge in [0.1, 0.15) is 6.33 Å². The third-order valence-corrected chi connectivity index (χ3v) is 2.94. The van der Waals surface area contributed by atoms with Crippen molar-refractivity contribution in [2.24, 2.45) is 0 Å². The predicted octanol–water partition coefficient (Wildman–Crippen LogP) is 2.63. The number of rotatable bonds is 2. The van der Waals surface area contributed by atoms with Gasteiger partial charge in [-0.3, -0.25) is 0 Å². The highest BCUT2D eigenvalue weighted by molar-refractivity contribution is 5.88. The average Bonchev–Trinajstić information content (AvgIpc) is 2.81. The first-order valence-corrected chi connectivity index (χ1v) is 5.78. The van der Waals surface area contributed by atoms with E-state index in [0.717, 1.165) is 22.2 Å². The highest BCUT2D eigenvalue weighted by Crippen LogP contribution is 2.23. The standard InChI is InChI=1S/C14H11N3O2/c1-8-2-3-9-5-12(17-10(9)4-8)11-6-13(14(18)19)16-7-15-11/h2-7,17H,1H3,(H,18,19). The Labute approximate surface area is 109 Å². The molecule has 0 fully saturated rings. The fourth-order valence-corrected chi connectivity index (χ4v) is 2.00. The Hall–Kier alpha value is -2.69. The second kappa shape index (κ2) is 4.20. The molecule has 5 nitrogen and oxygen atoms in total. The van der Waals surface area contributed by atoms with E-state index in [1.54, 1.807) is 0 Å². The molecule has 0 bridgehead atoms. The van der Waals surface area contributed by atoms with Crippen molar-refractivity contribution in [3.8, 4) is 11.4 Å². The summed E-state index contributed by atoms with van der Waals surface area (Å²) < 4.78 is 0. The van der Waals surface area contributed by atoms with Crippen LogP contribution in [-0.2, 0) is 0 Å². The monoisotopic (exact) mass is 253 g/mol. The Morgan fingerprint density at radius 3 is 2.84 bits per heavy atom. The molecule has 0 saturated carbocycles. The molecule has 0 amide bonds. The Balaban J connectivity index is 2.13. The van der Waals surface area contributed by atoms with Crippen LogP contribution in [0.5, 0.6) is 0 Å². The number of benzene rings is 1. The van der Waals surface area contributed by atoms with Crippen LogP contribution < -0.4 is 0 Å². The van der Waals surface area contributed by atoms with Gasteiger partial charge in [0.2, 0.25) is 0 Å². The van der Waals surface area contributed by atoms with E-state index in [2.05, 4.69) is 15.0 Å². The number of carbonyl (C=O) groups is 1. The van der Waals surface area contributed by atoms with Crippen molar-refractivity contribution in [1.29, 1.82) is 0 Å². The third-order valence-electron chi connectivity index (χ3n) is 2.94. The molecule has 0 radical (unpaired) electrons. The largest absolute Gasteiger partial charge is 0.477 e. The third kappa shape index (κ3) is 2.06. The summed E-state index contributed by atoms with van der Waals surface area (Å²) in [5, 5.41) is 10.00. The van der Waals surface area contributed by atoms with E-state index in [-0.39, 0.29) is 5.69 Å². The Bertz CT molecular complexity index is 777. The van der Waals surface area contributed by atoms with Crippen molar-refractivity contribution in [3.05, 3.63) is 47.9 Å². The minimum absolute atomic E-state index is 0.0140. The number of aromatic nitrogens is 3. The number of nitrogens with zero attached hydrogens (tertiary/aromatic N) is 2. The normalized spacial score (nSPS) is 10.8. The summed E-state index contributed by atoms with van der Waals surface area (Å²) in [7, 11) is 0. The second-order valence-corrected chi connectivity index (χ2v) is 4.37. The van der Waals surface area contributed by atoms with Crippen molar-refractivity contribution < 1.29 is 9.90 Å². The maximum absolute atomic E-state index is 10.9. The molecule has 2 heterocycles. The second-order valence-electron chi connectivity index (χ2n) is 4.37. The van der Waals surface area contributed by atoms with Gasteiger partial charge in [0.15, 0.2) is 5.69 Å². The average molecular weight is 253 g/mol. The van der Waals surface area contributed by atoms with E-state index in [4.69, 9.17) is 5.11 Å². The van der Waals surface area contributed by atoms with E-state index in [9.17, 15) is 4.79 Å². The number of hydrogen-bond donors (Lipinski definition) is 2. The van der Waals surface area contributed by atoms with Crippen molar-refractivity contribution in [3.63, 3.8) is 0 Å². The summed E-state index contributed by atoms with van der Waals surface area (Å²) in [5.74, 6) is -1.06. The van der Waals surface area contributed by atoms with Crippen LogP contribution in [0.15, 0.2) is 36.7 Å². The van der Waals surface area contributed by atoms with Crippen molar-refractivity contribution in [1.82, 2.24) is 15.0 Å². The molecular formula is C14H11N3O2. The Morgan fingerprint density at radius 2 is 2.05 bits per heavy atom. The van der Waals surface area contributed by atoms with Crippen LogP contribution >= 0.6 is 0 Å². The fourth-order valence-electron chi connectivity index (χ4n) is 2.00. The van der Waals surface area contributed by atoms with E-state index < -0.39 is 5.97 Å². The number of aromatic carboxylic acids is 1. The molecule has 2 aromatic heterocycles. The van der Waals surface area contributed by atoms with Crippen LogP contribution in [0, 0.1) is 6.92 Å². The van der Waals surface area contributed by atoms with Crippen LogP contribution in [0.25, 0.3) is 22.3 Å². The highest BCUT2D eigenvalue weighted by Gasteiger charge is 2.09. The van der Waals surface area contributed by atoms with Crippen molar-refractivity contribution in [2.45, 2.75) is 6.92 Å². The number of nitrogens with one attached hydrogen (secondary N) is 1. The Morgan fingerprint density at radius 1 is 1.21 bits per heavy atom. The van der Waals surface area contributed by atoms with Crippen molar-refractivity contribution >= 4 is 16.9 Å². The molecule has 0 unspecified atom stereocenters. The molecule has 0 aliphatic heterocycles. The van der Waals surface area contributed by atoms with Crippen LogP contribution in [0.3, 0.4) is 0 Å². The summed E-state index contributed by atoms with van der Waals surface area (Å²) in [6, 6.07) is 9.49. The topological polar surface area (TPSA) is 78.9 Å². The van der Waals surface area contributed by atoms with E-state index in [0.29, 0.717) is 5.69 Å². The van der Waals surface area contributed by atoms with E-state index in [1.165, 1.54) is 12.4 Å². The SMILES string of the molecule is Cc1ccc2cc(-c3cc(C(=O)O)ncn3)[nH]c2c1. The number of H-pyrrole nitrogens is 1. The first-order chi connectivity index (χ1) is 9.13. The molecule has 2 N–H and O–H groups in total. The molecule has 0 saturated heterocycles. The zero-order valence-corrected chi connectivity index (χ0v) is 10.2. The fraction of sp³-hybridized carbons (Fsp3) is 0.0714. The number of carboxylic acid groups (broad SMARTS) is 1. The summed E-state index contributed by atoms with van der Waals surface area (Å²) in [5.41, 5.74) is 3.51. The lowest BCUT2D eigenvalue weighted by atomic mass is 10.2. The molecule has 0 spiro atoms. The Kier molecular flexibility index (Phi) is 2.52. The molecule has 19 heavy (non-hydrogen) atoms. The summed E-state index contributed by atoms with van der Waals surface area (Å²) >= 11 is 0. The van der Waals surface area contributed by atoms with E-state index >= 15 is 0 Å². The minimum Gasteiger partial charge on any atom is -0.477 e. The lowest BCUT2D eigenvalue weighted by Gasteiger charge is -1.97. The first kappa shape index (κ1) is 11.4. The van der Waals surface area contributed by atoms with Crippen molar-refractivity contribution in [2.75, 3.05) is 0 Å². The van der Waals surface area contributed by atoms with Gasteiger partial charge in [0.25, 0.3) is 0 Å². The molecule has 0 atom stereocenters. The molecule has 3 aromatic rings.